The van der Waals surface area contributed by atoms with Crippen molar-refractivity contribution in [3.8, 4) is 11.5 Å². The molecule has 0 amide bonds. The standard InChI is InChI=1S/C23H24BrN5O4/c1-13(2)33-22(30)19-14(3)25-23-26-27-28-29(23)20(19)16-10-17(24)21(18(11-16)31-4)32-12-15-8-6-5-7-9-15/h5-11,13,20H,12H2,1-4H3,(H,25,26,28). The Hall–Kier alpha value is -3.40. The number of rotatable bonds is 7. The minimum atomic E-state index is -0.615. The molecule has 0 saturated carbocycles. The highest BCUT2D eigenvalue weighted by Crippen LogP contribution is 2.43. The van der Waals surface area contributed by atoms with E-state index in [4.69, 9.17) is 14.2 Å². The van der Waals surface area contributed by atoms with E-state index in [1.54, 1.807) is 32.6 Å². The number of allylic oxidation sites excluding steroid dienone is 1. The van der Waals surface area contributed by atoms with E-state index in [2.05, 4.69) is 36.8 Å². The van der Waals surface area contributed by atoms with Crippen molar-refractivity contribution in [2.24, 2.45) is 0 Å². The molecule has 1 aliphatic rings. The van der Waals surface area contributed by atoms with Crippen LogP contribution in [0.2, 0.25) is 0 Å². The van der Waals surface area contributed by atoms with Crippen LogP contribution in [-0.4, -0.2) is 39.4 Å². The molecular weight excluding hydrogens is 490 g/mol. The lowest BCUT2D eigenvalue weighted by molar-refractivity contribution is -0.143. The first-order valence-electron chi connectivity index (χ1n) is 10.4. The summed E-state index contributed by atoms with van der Waals surface area (Å²) in [7, 11) is 1.57. The predicted octanol–water partition coefficient (Wildman–Crippen LogP) is 4.26. The third-order valence-corrected chi connectivity index (χ3v) is 5.66. The van der Waals surface area contributed by atoms with Crippen molar-refractivity contribution >= 4 is 27.8 Å². The van der Waals surface area contributed by atoms with Crippen molar-refractivity contribution in [3.63, 3.8) is 0 Å². The van der Waals surface area contributed by atoms with Crippen molar-refractivity contribution < 1.29 is 19.0 Å². The molecule has 9 nitrogen and oxygen atoms in total. The van der Waals surface area contributed by atoms with Crippen molar-refractivity contribution in [2.45, 2.75) is 39.5 Å². The number of ether oxygens (including phenoxy) is 3. The molecule has 1 aliphatic heterocycles. The molecule has 0 fully saturated rings. The third kappa shape index (κ3) is 4.70. The summed E-state index contributed by atoms with van der Waals surface area (Å²) in [5.41, 5.74) is 2.79. The normalized spacial score (nSPS) is 15.2. The number of nitrogens with zero attached hydrogens (tertiary/aromatic N) is 4. The molecule has 2 aromatic carbocycles. The molecule has 10 heteroatoms. The highest BCUT2D eigenvalue weighted by Gasteiger charge is 2.36. The van der Waals surface area contributed by atoms with E-state index in [9.17, 15) is 4.79 Å². The molecule has 0 bridgehead atoms. The average molecular weight is 514 g/mol. The maximum absolute atomic E-state index is 13.0. The number of methoxy groups -OCH3 is 1. The van der Waals surface area contributed by atoms with Crippen LogP contribution in [0.4, 0.5) is 5.95 Å². The Morgan fingerprint density at radius 1 is 1.24 bits per heavy atom. The zero-order valence-electron chi connectivity index (χ0n) is 18.7. The molecule has 0 saturated heterocycles. The smallest absolute Gasteiger partial charge is 0.338 e. The lowest BCUT2D eigenvalue weighted by Gasteiger charge is -2.28. The molecule has 4 rings (SSSR count). The number of tetrazole rings is 1. The van der Waals surface area contributed by atoms with Crippen molar-refractivity contribution in [1.29, 1.82) is 0 Å². The summed E-state index contributed by atoms with van der Waals surface area (Å²) in [6, 6.07) is 12.9. The van der Waals surface area contributed by atoms with E-state index >= 15 is 0 Å². The summed E-state index contributed by atoms with van der Waals surface area (Å²) in [4.78, 5) is 13.0. The second-order valence-corrected chi connectivity index (χ2v) is 8.63. The van der Waals surface area contributed by atoms with Gasteiger partial charge < -0.3 is 19.5 Å². The predicted molar refractivity (Wildman–Crippen MR) is 125 cm³/mol. The minimum Gasteiger partial charge on any atom is -0.493 e. The summed E-state index contributed by atoms with van der Waals surface area (Å²) in [6.45, 7) is 5.79. The molecule has 2 heterocycles. The molecule has 1 N–H and O–H groups in total. The second-order valence-electron chi connectivity index (χ2n) is 7.78. The lowest BCUT2D eigenvalue weighted by atomic mass is 9.95. The highest BCUT2D eigenvalue weighted by molar-refractivity contribution is 9.10. The molecule has 0 aliphatic carbocycles. The lowest BCUT2D eigenvalue weighted by Crippen LogP contribution is -2.30. The van der Waals surface area contributed by atoms with Crippen molar-refractivity contribution in [1.82, 2.24) is 20.2 Å². The molecule has 1 atom stereocenters. The quantitative estimate of drug-likeness (QED) is 0.467. The number of nitrogens with one attached hydrogen (secondary N) is 1. The minimum absolute atomic E-state index is 0.274. The Morgan fingerprint density at radius 3 is 2.70 bits per heavy atom. The third-order valence-electron chi connectivity index (χ3n) is 5.07. The number of hydrogen-bond donors (Lipinski definition) is 1. The van der Waals surface area contributed by atoms with E-state index in [1.165, 1.54) is 0 Å². The van der Waals surface area contributed by atoms with Crippen LogP contribution in [0.5, 0.6) is 11.5 Å². The van der Waals surface area contributed by atoms with Gasteiger partial charge in [-0.15, -0.1) is 0 Å². The Labute approximate surface area is 199 Å². The van der Waals surface area contributed by atoms with Gasteiger partial charge in [0, 0.05) is 5.70 Å². The first-order chi connectivity index (χ1) is 15.9. The van der Waals surface area contributed by atoms with Gasteiger partial charge in [-0.1, -0.05) is 35.4 Å². The Balaban J connectivity index is 1.74. The number of fused-ring (bicyclic) bond motifs is 1. The Kier molecular flexibility index (Phi) is 6.64. The van der Waals surface area contributed by atoms with Gasteiger partial charge in [0.1, 0.15) is 12.6 Å². The number of esters is 1. The molecule has 33 heavy (non-hydrogen) atoms. The van der Waals surface area contributed by atoms with Gasteiger partial charge in [-0.2, -0.15) is 4.68 Å². The van der Waals surface area contributed by atoms with Gasteiger partial charge in [-0.25, -0.2) is 4.79 Å². The highest BCUT2D eigenvalue weighted by atomic mass is 79.9. The number of carbonyl (C=O) groups excluding carboxylic acids is 1. The van der Waals surface area contributed by atoms with E-state index < -0.39 is 12.0 Å². The summed E-state index contributed by atoms with van der Waals surface area (Å²) in [5.74, 6) is 1.06. The number of benzene rings is 2. The fraction of sp³-hybridized carbons (Fsp3) is 0.304. The van der Waals surface area contributed by atoms with Gasteiger partial charge in [0.2, 0.25) is 5.95 Å². The van der Waals surface area contributed by atoms with E-state index in [0.29, 0.717) is 39.8 Å². The molecule has 1 unspecified atom stereocenters. The van der Waals surface area contributed by atoms with Gasteiger partial charge in [0.15, 0.2) is 11.5 Å². The van der Waals surface area contributed by atoms with Gasteiger partial charge in [0.25, 0.3) is 0 Å². The Bertz CT molecular complexity index is 1190. The summed E-state index contributed by atoms with van der Waals surface area (Å²) in [6.07, 6.45) is -0.274. The zero-order valence-corrected chi connectivity index (χ0v) is 20.3. The van der Waals surface area contributed by atoms with E-state index in [1.807, 2.05) is 42.5 Å². The molecular formula is C23H24BrN5O4. The summed E-state index contributed by atoms with van der Waals surface area (Å²) >= 11 is 3.61. The van der Waals surface area contributed by atoms with Crippen molar-refractivity contribution in [2.75, 3.05) is 12.4 Å². The first kappa shape index (κ1) is 22.8. The number of anilines is 1. The van der Waals surface area contributed by atoms with Crippen LogP contribution < -0.4 is 14.8 Å². The van der Waals surface area contributed by atoms with Gasteiger partial charge in [-0.05, 0) is 70.4 Å². The van der Waals surface area contributed by atoms with Crippen LogP contribution in [0, 0.1) is 0 Å². The fourth-order valence-electron chi connectivity index (χ4n) is 3.63. The maximum Gasteiger partial charge on any atom is 0.338 e. The van der Waals surface area contributed by atoms with Crippen LogP contribution in [0.3, 0.4) is 0 Å². The van der Waals surface area contributed by atoms with E-state index in [0.717, 1.165) is 11.1 Å². The number of halogens is 1. The van der Waals surface area contributed by atoms with Crippen LogP contribution in [0.1, 0.15) is 37.9 Å². The van der Waals surface area contributed by atoms with Crippen LogP contribution in [0.15, 0.2) is 58.2 Å². The van der Waals surface area contributed by atoms with Gasteiger partial charge in [-0.3, -0.25) is 0 Å². The van der Waals surface area contributed by atoms with Crippen molar-refractivity contribution in [3.05, 3.63) is 69.3 Å². The van der Waals surface area contributed by atoms with Crippen LogP contribution in [-0.2, 0) is 16.1 Å². The molecule has 0 radical (unpaired) electrons. The first-order valence-corrected chi connectivity index (χ1v) is 11.2. The molecule has 3 aromatic rings. The molecule has 172 valence electrons. The van der Waals surface area contributed by atoms with Gasteiger partial charge >= 0.3 is 5.97 Å². The largest absolute Gasteiger partial charge is 0.493 e. The monoisotopic (exact) mass is 513 g/mol. The molecule has 1 aromatic heterocycles. The average Bonchev–Trinajstić information content (AvgIpc) is 3.25. The second kappa shape index (κ2) is 9.62. The Morgan fingerprint density at radius 2 is 2.00 bits per heavy atom. The van der Waals surface area contributed by atoms with Gasteiger partial charge in [0.05, 0.1) is 23.3 Å². The SMILES string of the molecule is COc1cc(C2C(C(=O)OC(C)C)=C(C)Nc3nnnn32)cc(Br)c1OCc1ccccc1. The summed E-state index contributed by atoms with van der Waals surface area (Å²) in [5, 5.41) is 15.0. The number of hydrogen-bond acceptors (Lipinski definition) is 8. The van der Waals surface area contributed by atoms with E-state index in [-0.39, 0.29) is 6.10 Å². The molecule has 0 spiro atoms. The topological polar surface area (TPSA) is 100 Å². The number of carbonyl (C=O) groups is 1. The maximum atomic E-state index is 13.0. The van der Waals surface area contributed by atoms with Crippen LogP contribution in [0.25, 0.3) is 0 Å². The fourth-order valence-corrected chi connectivity index (χ4v) is 4.20. The number of aromatic nitrogens is 4. The zero-order chi connectivity index (χ0) is 23.5. The van der Waals surface area contributed by atoms with Crippen LogP contribution >= 0.6 is 15.9 Å². The summed E-state index contributed by atoms with van der Waals surface area (Å²) < 4.78 is 19.4.